The first-order valence-corrected chi connectivity index (χ1v) is 16.1. The third-order valence-corrected chi connectivity index (χ3v) is 6.23. The van der Waals surface area contributed by atoms with Crippen molar-refractivity contribution in [1.29, 1.82) is 0 Å². The molecule has 1 unspecified atom stereocenters. The van der Waals surface area contributed by atoms with Crippen molar-refractivity contribution in [3.63, 3.8) is 0 Å². The van der Waals surface area contributed by atoms with Crippen LogP contribution in [0.1, 0.15) is 46.0 Å². The van der Waals surface area contributed by atoms with E-state index in [0.717, 1.165) is 6.08 Å². The van der Waals surface area contributed by atoms with Gasteiger partial charge >= 0.3 is 17.9 Å². The standard InChI is InChI=1S/C32H52N2O14/c1-4-29(37)46-20-18-42-14-16-44-24-32(22-40-5-2,23-41-6-3)25-45-17-15-43-19-21-47-30(38)11-9-13-48-31(39)28(34-27-36)10-7-8-12-33-26-35/h4,28H,1,5-25H2,2-3H3. The predicted octanol–water partition coefficient (Wildman–Crippen LogP) is 1.92. The summed E-state index contributed by atoms with van der Waals surface area (Å²) < 4.78 is 49.1. The number of aliphatic imine (C=N–C) groups is 2. The van der Waals surface area contributed by atoms with E-state index in [0.29, 0.717) is 65.7 Å². The van der Waals surface area contributed by atoms with E-state index in [1.54, 1.807) is 0 Å². The van der Waals surface area contributed by atoms with Gasteiger partial charge in [0.2, 0.25) is 12.2 Å². The number of carbonyl (C=O) groups is 3. The summed E-state index contributed by atoms with van der Waals surface area (Å²) in [6.45, 7) is 11.5. The maximum absolute atomic E-state index is 12.1. The molecule has 16 nitrogen and oxygen atoms in total. The van der Waals surface area contributed by atoms with Crippen LogP contribution in [0.2, 0.25) is 0 Å². The average molecular weight is 689 g/mol. The molecule has 0 spiro atoms. The summed E-state index contributed by atoms with van der Waals surface area (Å²) >= 11 is 0. The van der Waals surface area contributed by atoms with Crippen LogP contribution in [0.5, 0.6) is 0 Å². The second-order valence-corrected chi connectivity index (χ2v) is 10.2. The number of unbranched alkanes of at least 4 members (excludes halogenated alkanes) is 1. The van der Waals surface area contributed by atoms with E-state index in [1.807, 2.05) is 13.8 Å². The van der Waals surface area contributed by atoms with Gasteiger partial charge in [0.1, 0.15) is 13.2 Å². The fraction of sp³-hybridized carbons (Fsp3) is 0.781. The van der Waals surface area contributed by atoms with E-state index < -0.39 is 29.4 Å². The molecule has 0 saturated carbocycles. The van der Waals surface area contributed by atoms with Crippen molar-refractivity contribution >= 4 is 30.1 Å². The maximum atomic E-state index is 12.1. The molecule has 0 aromatic heterocycles. The highest BCUT2D eigenvalue weighted by molar-refractivity contribution is 5.81. The topological polar surface area (TPSA) is 193 Å². The van der Waals surface area contributed by atoms with Gasteiger partial charge in [-0.15, -0.1) is 0 Å². The van der Waals surface area contributed by atoms with Crippen LogP contribution in [-0.4, -0.2) is 142 Å². The summed E-state index contributed by atoms with van der Waals surface area (Å²) in [5.74, 6) is -1.66. The highest BCUT2D eigenvalue weighted by Crippen LogP contribution is 2.21. The molecule has 48 heavy (non-hydrogen) atoms. The SMILES string of the molecule is C=CC(=O)OCCOCCOCC(COCC)(COCC)COCCOCCOC(=O)CCCOC(=O)C(CCCCN=C=O)N=C=O. The van der Waals surface area contributed by atoms with Crippen LogP contribution in [0.4, 0.5) is 0 Å². The van der Waals surface area contributed by atoms with Gasteiger partial charge in [-0.3, -0.25) is 4.79 Å². The minimum atomic E-state index is -0.991. The van der Waals surface area contributed by atoms with Crippen molar-refractivity contribution in [3.05, 3.63) is 12.7 Å². The average Bonchev–Trinajstić information content (AvgIpc) is 3.09. The number of hydrogen-bond donors (Lipinski definition) is 0. The molecule has 0 aromatic rings. The van der Waals surface area contributed by atoms with E-state index in [-0.39, 0.29) is 72.1 Å². The summed E-state index contributed by atoms with van der Waals surface area (Å²) in [6.07, 6.45) is 5.44. The normalized spacial score (nSPS) is 11.5. The molecule has 0 heterocycles. The zero-order chi connectivity index (χ0) is 35.6. The minimum Gasteiger partial charge on any atom is -0.464 e. The Morgan fingerprint density at radius 1 is 0.688 bits per heavy atom. The van der Waals surface area contributed by atoms with Crippen LogP contribution >= 0.6 is 0 Å². The maximum Gasteiger partial charge on any atom is 0.331 e. The van der Waals surface area contributed by atoms with Gasteiger partial charge < -0.3 is 42.6 Å². The highest BCUT2D eigenvalue weighted by Gasteiger charge is 2.32. The van der Waals surface area contributed by atoms with E-state index in [1.165, 1.54) is 12.2 Å². The molecule has 0 aromatic carbocycles. The van der Waals surface area contributed by atoms with Crippen molar-refractivity contribution in [2.45, 2.75) is 52.0 Å². The van der Waals surface area contributed by atoms with E-state index in [2.05, 4.69) is 16.6 Å². The van der Waals surface area contributed by atoms with Crippen molar-refractivity contribution in [3.8, 4) is 0 Å². The Hall–Kier alpha value is -3.33. The zero-order valence-corrected chi connectivity index (χ0v) is 28.3. The Labute approximate surface area is 282 Å². The van der Waals surface area contributed by atoms with Crippen LogP contribution in [-0.2, 0) is 66.6 Å². The molecule has 0 aliphatic rings. The fourth-order valence-corrected chi connectivity index (χ4v) is 3.81. The molecule has 0 fully saturated rings. The van der Waals surface area contributed by atoms with Crippen molar-refractivity contribution < 1.29 is 66.6 Å². The third-order valence-electron chi connectivity index (χ3n) is 6.23. The van der Waals surface area contributed by atoms with Gasteiger partial charge in [-0.05, 0) is 39.5 Å². The molecule has 0 rings (SSSR count). The number of isocyanates is 2. The van der Waals surface area contributed by atoms with Crippen molar-refractivity contribution in [1.82, 2.24) is 0 Å². The number of rotatable bonds is 34. The lowest BCUT2D eigenvalue weighted by atomic mass is 9.92. The van der Waals surface area contributed by atoms with Crippen LogP contribution < -0.4 is 0 Å². The van der Waals surface area contributed by atoms with Crippen molar-refractivity contribution in [2.24, 2.45) is 15.4 Å². The zero-order valence-electron chi connectivity index (χ0n) is 28.3. The van der Waals surface area contributed by atoms with Crippen LogP contribution in [0, 0.1) is 5.41 Å². The largest absolute Gasteiger partial charge is 0.464 e. The number of ether oxygens (including phenoxy) is 9. The number of esters is 3. The second-order valence-electron chi connectivity index (χ2n) is 10.2. The predicted molar refractivity (Wildman–Crippen MR) is 170 cm³/mol. The highest BCUT2D eigenvalue weighted by atomic mass is 16.6. The molecular weight excluding hydrogens is 636 g/mol. The Bertz CT molecular complexity index is 958. The van der Waals surface area contributed by atoms with E-state index in [4.69, 9.17) is 42.6 Å². The second kappa shape index (κ2) is 32.2. The monoisotopic (exact) mass is 688 g/mol. The molecule has 0 aliphatic heterocycles. The first-order chi connectivity index (χ1) is 23.4. The van der Waals surface area contributed by atoms with Gasteiger partial charge in [0.25, 0.3) is 0 Å². The van der Waals surface area contributed by atoms with Crippen LogP contribution in [0.25, 0.3) is 0 Å². The molecule has 0 bridgehead atoms. The summed E-state index contributed by atoms with van der Waals surface area (Å²) in [4.78, 5) is 62.7. The Morgan fingerprint density at radius 3 is 1.81 bits per heavy atom. The number of nitrogens with zero attached hydrogens (tertiary/aromatic N) is 2. The van der Waals surface area contributed by atoms with Crippen molar-refractivity contribution in [2.75, 3.05) is 106 Å². The molecule has 0 radical (unpaired) electrons. The molecule has 0 N–H and O–H groups in total. The lowest BCUT2D eigenvalue weighted by Gasteiger charge is -2.32. The Balaban J connectivity index is 4.24. The Kier molecular flexibility index (Phi) is 30.0. The van der Waals surface area contributed by atoms with Crippen LogP contribution in [0.3, 0.4) is 0 Å². The van der Waals surface area contributed by atoms with E-state index in [9.17, 15) is 24.0 Å². The summed E-state index contributed by atoms with van der Waals surface area (Å²) in [5, 5.41) is 0. The quantitative estimate of drug-likeness (QED) is 0.0238. The molecule has 0 saturated heterocycles. The first-order valence-electron chi connectivity index (χ1n) is 16.1. The molecule has 0 amide bonds. The van der Waals surface area contributed by atoms with E-state index >= 15 is 0 Å². The van der Waals surface area contributed by atoms with Gasteiger partial charge in [-0.25, -0.2) is 24.2 Å². The van der Waals surface area contributed by atoms with Gasteiger partial charge in [-0.1, -0.05) is 6.58 Å². The van der Waals surface area contributed by atoms with Crippen LogP contribution in [0.15, 0.2) is 22.6 Å². The van der Waals surface area contributed by atoms with Gasteiger partial charge in [0.15, 0.2) is 6.04 Å². The summed E-state index contributed by atoms with van der Waals surface area (Å²) in [6, 6.07) is -0.991. The molecule has 0 aliphatic carbocycles. The fourth-order valence-electron chi connectivity index (χ4n) is 3.81. The first kappa shape index (κ1) is 44.7. The lowest BCUT2D eigenvalue weighted by Crippen LogP contribution is -2.42. The minimum absolute atomic E-state index is 0.0306. The molecule has 16 heteroatoms. The molecule has 1 atom stereocenters. The third kappa shape index (κ3) is 25.7. The molecule has 274 valence electrons. The van der Waals surface area contributed by atoms with Gasteiger partial charge in [0.05, 0.1) is 84.6 Å². The lowest BCUT2D eigenvalue weighted by molar-refractivity contribution is -0.149. The summed E-state index contributed by atoms with van der Waals surface area (Å²) in [7, 11) is 0. The number of hydrogen-bond acceptors (Lipinski definition) is 16. The Morgan fingerprint density at radius 2 is 1.25 bits per heavy atom. The van der Waals surface area contributed by atoms with Gasteiger partial charge in [0, 0.05) is 25.7 Å². The number of carbonyl (C=O) groups excluding carboxylic acids is 5. The smallest absolute Gasteiger partial charge is 0.331 e. The van der Waals surface area contributed by atoms with Gasteiger partial charge in [-0.2, -0.15) is 4.99 Å². The molecular formula is C32H52N2O14. The summed E-state index contributed by atoms with van der Waals surface area (Å²) in [5.41, 5.74) is -0.550.